The second kappa shape index (κ2) is 7.86. The normalized spacial score (nSPS) is 17.6. The van der Waals surface area contributed by atoms with Gasteiger partial charge in [0.1, 0.15) is 0 Å². The van der Waals surface area contributed by atoms with E-state index in [1.807, 2.05) is 30.3 Å². The van der Waals surface area contributed by atoms with Crippen molar-refractivity contribution in [3.8, 4) is 11.1 Å². The summed E-state index contributed by atoms with van der Waals surface area (Å²) in [7, 11) is -2.13. The number of rotatable bonds is 4. The number of benzene rings is 2. The van der Waals surface area contributed by atoms with Gasteiger partial charge >= 0.3 is 0 Å². The number of H-pyrrole nitrogens is 1. The van der Waals surface area contributed by atoms with Gasteiger partial charge in [0.05, 0.1) is 16.7 Å². The van der Waals surface area contributed by atoms with Crippen LogP contribution in [-0.4, -0.2) is 59.9 Å². The third kappa shape index (κ3) is 3.84. The van der Waals surface area contributed by atoms with Crippen LogP contribution < -0.4 is 5.32 Å². The van der Waals surface area contributed by atoms with Crippen molar-refractivity contribution in [1.29, 1.82) is 0 Å². The minimum atomic E-state index is -2.13. The summed E-state index contributed by atoms with van der Waals surface area (Å²) in [6.07, 6.45) is 3.50. The summed E-state index contributed by atoms with van der Waals surface area (Å²) < 4.78 is 14.1. The van der Waals surface area contributed by atoms with Crippen LogP contribution in [0.25, 0.3) is 32.9 Å². The summed E-state index contributed by atoms with van der Waals surface area (Å²) in [4.78, 5) is 9.52. The van der Waals surface area contributed by atoms with E-state index in [0.29, 0.717) is 5.95 Å². The molecule has 0 saturated carbocycles. The zero-order chi connectivity index (χ0) is 22.5. The summed E-state index contributed by atoms with van der Waals surface area (Å²) in [5, 5.41) is 13.2. The Hall–Kier alpha value is -2.97. The van der Waals surface area contributed by atoms with Gasteiger partial charge in [-0.05, 0) is 61.9 Å². The van der Waals surface area contributed by atoms with Crippen molar-refractivity contribution in [1.82, 2.24) is 24.5 Å². The molecule has 1 saturated heterocycles. The molecule has 2 aromatic heterocycles. The third-order valence-electron chi connectivity index (χ3n) is 6.29. The van der Waals surface area contributed by atoms with Crippen LogP contribution in [0.4, 0.5) is 5.95 Å². The molecule has 3 heterocycles. The number of aromatic nitrogens is 4. The number of nitrogens with zero attached hydrogens (tertiary/aromatic N) is 4. The van der Waals surface area contributed by atoms with E-state index in [1.54, 1.807) is 6.26 Å². The summed E-state index contributed by atoms with van der Waals surface area (Å²) >= 11 is 0. The van der Waals surface area contributed by atoms with E-state index < -0.39 is 9.71 Å². The van der Waals surface area contributed by atoms with Crippen molar-refractivity contribution < 1.29 is 4.21 Å². The molecule has 1 fully saturated rings. The molecule has 0 radical (unpaired) electrons. The smallest absolute Gasteiger partial charge is 0.223 e. The molecule has 7 nitrogen and oxygen atoms in total. The SMILES string of the molecule is C=S(C)(=O)N1CCC(Nc2nc(C)c3cc(-c4cccc5n[nH]c(C)c45)ccc3n2)CC1. The first kappa shape index (κ1) is 20.9. The van der Waals surface area contributed by atoms with Gasteiger partial charge in [0, 0.05) is 51.6 Å². The van der Waals surface area contributed by atoms with Gasteiger partial charge in [0.25, 0.3) is 0 Å². The summed E-state index contributed by atoms with van der Waals surface area (Å²) in [5.74, 6) is 4.45. The lowest BCUT2D eigenvalue weighted by Crippen LogP contribution is -2.42. The Morgan fingerprint density at radius 2 is 1.91 bits per heavy atom. The van der Waals surface area contributed by atoms with E-state index in [0.717, 1.165) is 70.3 Å². The second-order valence-corrected chi connectivity index (χ2v) is 11.2. The maximum absolute atomic E-state index is 12.2. The topological polar surface area (TPSA) is 86.8 Å². The average Bonchev–Trinajstić information content (AvgIpc) is 3.14. The van der Waals surface area contributed by atoms with Crippen LogP contribution in [0, 0.1) is 13.8 Å². The van der Waals surface area contributed by atoms with Crippen molar-refractivity contribution in [2.24, 2.45) is 0 Å². The molecule has 2 N–H and O–H groups in total. The number of piperidine rings is 1. The molecule has 166 valence electrons. The minimum Gasteiger partial charge on any atom is -0.351 e. The highest BCUT2D eigenvalue weighted by Crippen LogP contribution is 2.32. The average molecular weight is 449 g/mol. The van der Waals surface area contributed by atoms with Gasteiger partial charge in [-0.15, -0.1) is 0 Å². The number of nitrogens with one attached hydrogen (secondary N) is 2. The van der Waals surface area contributed by atoms with E-state index in [9.17, 15) is 4.21 Å². The van der Waals surface area contributed by atoms with Crippen LogP contribution in [0.1, 0.15) is 24.2 Å². The summed E-state index contributed by atoms with van der Waals surface area (Å²) in [5.41, 5.74) is 6.18. The Morgan fingerprint density at radius 1 is 1.12 bits per heavy atom. The van der Waals surface area contributed by atoms with E-state index in [-0.39, 0.29) is 6.04 Å². The monoisotopic (exact) mass is 448 g/mol. The molecule has 5 rings (SSSR count). The molecule has 0 aliphatic carbocycles. The quantitative estimate of drug-likeness (QED) is 0.462. The molecule has 4 aromatic rings. The fourth-order valence-corrected chi connectivity index (χ4v) is 5.53. The Bertz CT molecular complexity index is 1420. The molecular formula is C24H28N6OS. The van der Waals surface area contributed by atoms with E-state index >= 15 is 0 Å². The fourth-order valence-electron chi connectivity index (χ4n) is 4.55. The minimum absolute atomic E-state index is 0.269. The molecule has 1 atom stereocenters. The summed E-state index contributed by atoms with van der Waals surface area (Å²) in [6.45, 7) is 5.61. The van der Waals surface area contributed by atoms with Gasteiger partial charge < -0.3 is 5.32 Å². The maximum Gasteiger partial charge on any atom is 0.223 e. The largest absolute Gasteiger partial charge is 0.351 e. The predicted molar refractivity (Wildman–Crippen MR) is 134 cm³/mol. The Morgan fingerprint density at radius 3 is 2.66 bits per heavy atom. The molecule has 8 heteroatoms. The van der Waals surface area contributed by atoms with Crippen LogP contribution >= 0.6 is 0 Å². The van der Waals surface area contributed by atoms with Gasteiger partial charge in [0.15, 0.2) is 0 Å². The zero-order valence-electron chi connectivity index (χ0n) is 18.7. The second-order valence-electron chi connectivity index (χ2n) is 8.72. The number of fused-ring (bicyclic) bond motifs is 2. The van der Waals surface area contributed by atoms with Crippen LogP contribution in [0.3, 0.4) is 0 Å². The maximum atomic E-state index is 12.2. The molecule has 2 aromatic carbocycles. The lowest BCUT2D eigenvalue weighted by Gasteiger charge is -2.32. The van der Waals surface area contributed by atoms with Crippen molar-refractivity contribution in [3.63, 3.8) is 0 Å². The van der Waals surface area contributed by atoms with Gasteiger partial charge in [0.2, 0.25) is 5.95 Å². The number of hydrogen-bond acceptors (Lipinski definition) is 5. The van der Waals surface area contributed by atoms with Gasteiger partial charge in [-0.2, -0.15) is 5.10 Å². The fraction of sp³-hybridized carbons (Fsp3) is 0.333. The molecule has 0 amide bonds. The summed E-state index contributed by atoms with van der Waals surface area (Å²) in [6, 6.07) is 12.8. The zero-order valence-corrected chi connectivity index (χ0v) is 19.5. The van der Waals surface area contributed by atoms with E-state index in [1.165, 1.54) is 0 Å². The number of aryl methyl sites for hydroxylation is 2. The van der Waals surface area contributed by atoms with Gasteiger partial charge in [-0.1, -0.05) is 18.2 Å². The van der Waals surface area contributed by atoms with Crippen LogP contribution in [0.5, 0.6) is 0 Å². The highest BCUT2D eigenvalue weighted by Gasteiger charge is 2.23. The lowest BCUT2D eigenvalue weighted by molar-refractivity contribution is 0.345. The first-order valence-corrected chi connectivity index (χ1v) is 12.9. The molecule has 1 aliphatic heterocycles. The van der Waals surface area contributed by atoms with E-state index in [4.69, 9.17) is 9.97 Å². The number of aromatic amines is 1. The van der Waals surface area contributed by atoms with Crippen LogP contribution in [0.15, 0.2) is 36.4 Å². The lowest BCUT2D eigenvalue weighted by atomic mass is 9.98. The molecule has 0 bridgehead atoms. The van der Waals surface area contributed by atoms with Crippen molar-refractivity contribution in [2.45, 2.75) is 32.7 Å². The molecular weight excluding hydrogens is 420 g/mol. The van der Waals surface area contributed by atoms with Crippen LogP contribution in [0.2, 0.25) is 0 Å². The van der Waals surface area contributed by atoms with Gasteiger partial charge in [-0.25, -0.2) is 14.3 Å². The molecule has 0 spiro atoms. The third-order valence-corrected chi connectivity index (χ3v) is 7.75. The van der Waals surface area contributed by atoms with E-state index in [2.05, 4.69) is 45.7 Å². The first-order valence-electron chi connectivity index (χ1n) is 10.9. The molecule has 1 unspecified atom stereocenters. The predicted octanol–water partition coefficient (Wildman–Crippen LogP) is 3.93. The highest BCUT2D eigenvalue weighted by molar-refractivity contribution is 7.97. The highest BCUT2D eigenvalue weighted by atomic mass is 32.2. The Balaban J connectivity index is 1.42. The number of anilines is 1. The first-order chi connectivity index (χ1) is 15.3. The number of hydrogen-bond donors (Lipinski definition) is 2. The molecule has 32 heavy (non-hydrogen) atoms. The van der Waals surface area contributed by atoms with Gasteiger partial charge in [-0.3, -0.25) is 9.31 Å². The standard InChI is InChI=1S/C24H28N6OS/c1-15-20-14-17(19-6-5-7-22-23(19)16(2)28-29-22)8-9-21(20)27-24(25-15)26-18-10-12-30(13-11-18)32(3,4)31/h5-9,14,18H,3,10-13H2,1-2,4H3,(H,28,29)(H,25,26,27). The van der Waals surface area contributed by atoms with Crippen molar-refractivity contribution in [3.05, 3.63) is 47.8 Å². The van der Waals surface area contributed by atoms with Crippen LogP contribution in [-0.2, 0) is 9.71 Å². The molecule has 1 aliphatic rings. The Labute approximate surface area is 188 Å². The Kier molecular flexibility index (Phi) is 5.14. The van der Waals surface area contributed by atoms with Crippen molar-refractivity contribution in [2.75, 3.05) is 24.7 Å². The van der Waals surface area contributed by atoms with Crippen molar-refractivity contribution >= 4 is 43.3 Å².